The first-order valence-electron chi connectivity index (χ1n) is 10.6. The zero-order valence-electron chi connectivity index (χ0n) is 17.3. The number of benzene rings is 1. The number of ether oxygens (including phenoxy) is 1. The molecule has 3 heterocycles. The van der Waals surface area contributed by atoms with Gasteiger partial charge in [0.2, 0.25) is 0 Å². The Labute approximate surface area is 172 Å². The second-order valence-electron chi connectivity index (χ2n) is 7.93. The van der Waals surface area contributed by atoms with Gasteiger partial charge in [-0.3, -0.25) is 9.69 Å². The van der Waals surface area contributed by atoms with E-state index < -0.39 is 6.04 Å². The van der Waals surface area contributed by atoms with Gasteiger partial charge in [0.15, 0.2) is 0 Å². The molecule has 0 saturated carbocycles. The highest BCUT2D eigenvalue weighted by molar-refractivity contribution is 6.01. The number of nitrogens with zero attached hydrogens (tertiary/aromatic N) is 3. The van der Waals surface area contributed by atoms with E-state index in [9.17, 15) is 9.59 Å². The summed E-state index contributed by atoms with van der Waals surface area (Å²) in [5.74, 6) is 0.813. The van der Waals surface area contributed by atoms with E-state index in [0.717, 1.165) is 36.6 Å². The lowest BCUT2D eigenvalue weighted by Crippen LogP contribution is -2.45. The molecule has 1 fully saturated rings. The van der Waals surface area contributed by atoms with Crippen LogP contribution in [-0.2, 0) is 4.79 Å². The SMILES string of the molecule is CCOc1ccc(C2NC(=O)N(C)C3=C2C(=O)N(CCN2CCCCC2)C3)cc1. The molecule has 1 unspecified atom stereocenters. The fourth-order valence-electron chi connectivity index (χ4n) is 4.42. The van der Waals surface area contributed by atoms with Crippen molar-refractivity contribution in [2.75, 3.05) is 46.4 Å². The van der Waals surface area contributed by atoms with Crippen LogP contribution in [-0.4, -0.2) is 73.0 Å². The van der Waals surface area contributed by atoms with E-state index >= 15 is 0 Å². The largest absolute Gasteiger partial charge is 0.494 e. The summed E-state index contributed by atoms with van der Waals surface area (Å²) < 4.78 is 5.51. The third-order valence-electron chi connectivity index (χ3n) is 6.09. The maximum absolute atomic E-state index is 13.3. The quantitative estimate of drug-likeness (QED) is 0.799. The van der Waals surface area contributed by atoms with Gasteiger partial charge in [-0.25, -0.2) is 4.79 Å². The second-order valence-corrected chi connectivity index (χ2v) is 7.93. The molecular weight excluding hydrogens is 368 g/mol. The Morgan fingerprint density at radius 3 is 2.48 bits per heavy atom. The first-order chi connectivity index (χ1) is 14.1. The monoisotopic (exact) mass is 398 g/mol. The van der Waals surface area contributed by atoms with Crippen LogP contribution in [0.4, 0.5) is 4.79 Å². The van der Waals surface area contributed by atoms with Crippen LogP contribution in [0.3, 0.4) is 0 Å². The molecule has 156 valence electrons. The van der Waals surface area contributed by atoms with E-state index in [1.54, 1.807) is 11.9 Å². The third kappa shape index (κ3) is 3.96. The van der Waals surface area contributed by atoms with Crippen molar-refractivity contribution in [2.24, 2.45) is 0 Å². The summed E-state index contributed by atoms with van der Waals surface area (Å²) in [6, 6.07) is 7.03. The van der Waals surface area contributed by atoms with Crippen LogP contribution in [0.25, 0.3) is 0 Å². The predicted molar refractivity (Wildman–Crippen MR) is 111 cm³/mol. The summed E-state index contributed by atoms with van der Waals surface area (Å²) in [6.45, 7) is 6.87. The van der Waals surface area contributed by atoms with Gasteiger partial charge in [0.1, 0.15) is 5.75 Å². The fourth-order valence-corrected chi connectivity index (χ4v) is 4.42. The van der Waals surface area contributed by atoms with Crippen LogP contribution < -0.4 is 10.1 Å². The van der Waals surface area contributed by atoms with E-state index in [4.69, 9.17) is 4.74 Å². The van der Waals surface area contributed by atoms with Gasteiger partial charge in [-0.2, -0.15) is 0 Å². The van der Waals surface area contributed by atoms with Crippen molar-refractivity contribution in [1.29, 1.82) is 0 Å². The Morgan fingerprint density at radius 1 is 1.07 bits per heavy atom. The fraction of sp³-hybridized carbons (Fsp3) is 0.545. The maximum atomic E-state index is 13.3. The summed E-state index contributed by atoms with van der Waals surface area (Å²) in [4.78, 5) is 31.7. The van der Waals surface area contributed by atoms with Crippen LogP contribution in [0, 0.1) is 0 Å². The molecule has 3 aliphatic rings. The van der Waals surface area contributed by atoms with Gasteiger partial charge in [-0.05, 0) is 50.6 Å². The van der Waals surface area contributed by atoms with Crippen molar-refractivity contribution < 1.29 is 14.3 Å². The molecule has 4 rings (SSSR count). The van der Waals surface area contributed by atoms with Gasteiger partial charge in [-0.1, -0.05) is 18.6 Å². The van der Waals surface area contributed by atoms with Crippen molar-refractivity contribution in [1.82, 2.24) is 20.0 Å². The molecule has 0 aliphatic carbocycles. The van der Waals surface area contributed by atoms with Crippen LogP contribution in [0.5, 0.6) is 5.75 Å². The van der Waals surface area contributed by atoms with E-state index in [1.165, 1.54) is 19.3 Å². The molecule has 3 amide bonds. The Balaban J connectivity index is 1.52. The maximum Gasteiger partial charge on any atom is 0.322 e. The predicted octanol–water partition coefficient (Wildman–Crippen LogP) is 2.36. The van der Waals surface area contributed by atoms with E-state index in [0.29, 0.717) is 25.3 Å². The molecule has 0 aromatic heterocycles. The lowest BCUT2D eigenvalue weighted by Gasteiger charge is -2.31. The van der Waals surface area contributed by atoms with Crippen LogP contribution in [0.1, 0.15) is 37.8 Å². The average Bonchev–Trinajstić information content (AvgIpc) is 3.07. The molecule has 7 nitrogen and oxygen atoms in total. The standard InChI is InChI=1S/C22H30N4O3/c1-3-29-17-9-7-16(8-10-17)20-19-18(24(2)22(28)23-20)15-26(21(19)27)14-13-25-11-5-4-6-12-25/h7-10,20H,3-6,11-15H2,1-2H3,(H,23,28). The third-order valence-corrected chi connectivity index (χ3v) is 6.09. The topological polar surface area (TPSA) is 65.1 Å². The van der Waals surface area contributed by atoms with Gasteiger partial charge in [0, 0.05) is 20.1 Å². The van der Waals surface area contributed by atoms with E-state index in [-0.39, 0.29) is 11.9 Å². The van der Waals surface area contributed by atoms with Crippen LogP contribution >= 0.6 is 0 Å². The molecule has 0 bridgehead atoms. The highest BCUT2D eigenvalue weighted by Gasteiger charge is 2.42. The molecule has 0 radical (unpaired) electrons. The zero-order chi connectivity index (χ0) is 20.4. The highest BCUT2D eigenvalue weighted by Crippen LogP contribution is 2.36. The zero-order valence-corrected chi connectivity index (χ0v) is 17.3. The first kappa shape index (κ1) is 19.8. The number of piperidine rings is 1. The van der Waals surface area contributed by atoms with Crippen LogP contribution in [0.2, 0.25) is 0 Å². The normalized spacial score (nSPS) is 22.8. The number of carbonyl (C=O) groups excluding carboxylic acids is 2. The highest BCUT2D eigenvalue weighted by atomic mass is 16.5. The molecular formula is C22H30N4O3. The van der Waals surface area contributed by atoms with Gasteiger partial charge >= 0.3 is 6.03 Å². The average molecular weight is 399 g/mol. The van der Waals surface area contributed by atoms with Crippen molar-refractivity contribution in [3.05, 3.63) is 41.1 Å². The molecule has 1 aromatic carbocycles. The summed E-state index contributed by atoms with van der Waals surface area (Å²) in [6.07, 6.45) is 3.78. The van der Waals surface area contributed by atoms with Crippen LogP contribution in [0.15, 0.2) is 35.5 Å². The number of likely N-dealkylation sites (N-methyl/N-ethyl adjacent to an activating group) is 1. The molecule has 3 aliphatic heterocycles. The first-order valence-corrected chi connectivity index (χ1v) is 10.6. The van der Waals surface area contributed by atoms with Gasteiger partial charge in [0.05, 0.1) is 30.5 Å². The Morgan fingerprint density at radius 2 is 1.79 bits per heavy atom. The Hall–Kier alpha value is -2.54. The Kier molecular flexibility index (Phi) is 5.76. The lowest BCUT2D eigenvalue weighted by atomic mass is 9.95. The number of hydrogen-bond donors (Lipinski definition) is 1. The van der Waals surface area contributed by atoms with Gasteiger partial charge in [-0.15, -0.1) is 0 Å². The van der Waals surface area contributed by atoms with Crippen molar-refractivity contribution in [2.45, 2.75) is 32.2 Å². The molecule has 1 atom stereocenters. The van der Waals surface area contributed by atoms with Crippen molar-refractivity contribution in [3.8, 4) is 5.75 Å². The number of hydrogen-bond acceptors (Lipinski definition) is 4. The molecule has 1 saturated heterocycles. The van der Waals surface area contributed by atoms with Gasteiger partial charge in [0.25, 0.3) is 5.91 Å². The molecule has 1 N–H and O–H groups in total. The molecule has 7 heteroatoms. The van der Waals surface area contributed by atoms with E-state index in [2.05, 4.69) is 10.2 Å². The summed E-state index contributed by atoms with van der Waals surface area (Å²) in [5.41, 5.74) is 2.40. The summed E-state index contributed by atoms with van der Waals surface area (Å²) in [7, 11) is 1.74. The number of carbonyl (C=O) groups is 2. The second kappa shape index (κ2) is 8.45. The minimum atomic E-state index is -0.420. The van der Waals surface area contributed by atoms with Crippen molar-refractivity contribution in [3.63, 3.8) is 0 Å². The molecule has 0 spiro atoms. The minimum absolute atomic E-state index is 0.0303. The number of nitrogens with one attached hydrogen (secondary N) is 1. The number of rotatable bonds is 6. The van der Waals surface area contributed by atoms with E-state index in [1.807, 2.05) is 36.1 Å². The number of urea groups is 1. The minimum Gasteiger partial charge on any atom is -0.494 e. The number of likely N-dealkylation sites (tertiary alicyclic amines) is 1. The Bertz CT molecular complexity index is 799. The summed E-state index contributed by atoms with van der Waals surface area (Å²) >= 11 is 0. The van der Waals surface area contributed by atoms with Gasteiger partial charge < -0.3 is 19.9 Å². The van der Waals surface area contributed by atoms with Crippen molar-refractivity contribution >= 4 is 11.9 Å². The smallest absolute Gasteiger partial charge is 0.322 e. The summed E-state index contributed by atoms with van der Waals surface area (Å²) in [5, 5.41) is 2.99. The molecule has 1 aromatic rings. The molecule has 29 heavy (non-hydrogen) atoms. The lowest BCUT2D eigenvalue weighted by molar-refractivity contribution is -0.126. The number of amides is 3.